The summed E-state index contributed by atoms with van der Waals surface area (Å²) >= 11 is -2.41. The van der Waals surface area contributed by atoms with Gasteiger partial charge >= 0.3 is 6.18 Å². The van der Waals surface area contributed by atoms with Crippen LogP contribution in [0.2, 0.25) is 0 Å². The Morgan fingerprint density at radius 1 is 1.02 bits per heavy atom. The van der Waals surface area contributed by atoms with Gasteiger partial charge in [-0.25, -0.2) is 19.3 Å². The van der Waals surface area contributed by atoms with Gasteiger partial charge in [-0.1, -0.05) is 12.1 Å². The second-order valence-electron chi connectivity index (χ2n) is 8.52. The molecule has 14 heteroatoms. The first-order chi connectivity index (χ1) is 19.6. The topological polar surface area (TPSA) is 134 Å². The fourth-order valence-electron chi connectivity index (χ4n) is 3.60. The number of Topliss-reactive ketones (excluding diaryl/α,β-unsaturated/α-hetero) is 1. The number of carbonyl (C=O) groups excluding carboxylic acids is 1. The van der Waals surface area contributed by atoms with Crippen molar-refractivity contribution in [1.82, 2.24) is 20.3 Å². The van der Waals surface area contributed by atoms with E-state index in [-0.39, 0.29) is 23.8 Å². The molecule has 0 radical (unpaired) electrons. The maximum Gasteiger partial charge on any atom is 0.416 e. The largest absolute Gasteiger partial charge is 0.766 e. The van der Waals surface area contributed by atoms with E-state index in [2.05, 4.69) is 20.3 Å². The minimum Gasteiger partial charge on any atom is -0.766 e. The molecule has 3 aromatic heterocycles. The van der Waals surface area contributed by atoms with Crippen molar-refractivity contribution >= 4 is 27.8 Å². The molecule has 0 aliphatic rings. The predicted octanol–water partition coefficient (Wildman–Crippen LogP) is 5.25. The van der Waals surface area contributed by atoms with Crippen LogP contribution in [0.5, 0.6) is 0 Å². The molecule has 0 saturated heterocycles. The molecule has 5 aromatic rings. The lowest BCUT2D eigenvalue weighted by atomic mass is 10.1. The lowest BCUT2D eigenvalue weighted by Crippen LogP contribution is -2.23. The number of halogens is 4. The second kappa shape index (κ2) is 13.4. The van der Waals surface area contributed by atoms with Crippen molar-refractivity contribution in [1.29, 1.82) is 0 Å². The van der Waals surface area contributed by atoms with Crippen LogP contribution in [0.25, 0.3) is 22.2 Å². The molecule has 5 rings (SSSR count). The highest BCUT2D eigenvalue weighted by molar-refractivity contribution is 7.79. The van der Waals surface area contributed by atoms with Gasteiger partial charge in [0, 0.05) is 40.2 Å². The second-order valence-corrected chi connectivity index (χ2v) is 9.39. The number of aryl methyl sites for hydroxylation is 1. The number of oxazole rings is 1. The van der Waals surface area contributed by atoms with Crippen molar-refractivity contribution in [2.24, 2.45) is 0 Å². The van der Waals surface area contributed by atoms with Crippen LogP contribution in [-0.4, -0.2) is 36.0 Å². The van der Waals surface area contributed by atoms with Crippen molar-refractivity contribution in [2.45, 2.75) is 30.7 Å². The smallest absolute Gasteiger partial charge is 0.416 e. The molecule has 0 amide bonds. The third-order valence-electron chi connectivity index (χ3n) is 5.59. The Balaban J connectivity index is 0.000000247. The molecule has 0 fully saturated rings. The summed E-state index contributed by atoms with van der Waals surface area (Å²) in [6.45, 7) is 0.545. The fourth-order valence-corrected chi connectivity index (χ4v) is 3.98. The van der Waals surface area contributed by atoms with E-state index >= 15 is 0 Å². The number of nitrogens with zero attached hydrogens (tertiary/aromatic N) is 3. The monoisotopic (exact) mass is 589 g/mol. The molecule has 3 heterocycles. The Morgan fingerprint density at radius 3 is 2.49 bits per heavy atom. The van der Waals surface area contributed by atoms with E-state index in [1.54, 1.807) is 6.07 Å². The molecule has 0 aliphatic heterocycles. The Bertz CT molecular complexity index is 1620. The van der Waals surface area contributed by atoms with Crippen molar-refractivity contribution in [2.75, 3.05) is 6.54 Å². The fraction of sp³-hybridized carbons (Fsp3) is 0.185. The number of carbonyl (C=O) groups is 1. The van der Waals surface area contributed by atoms with Gasteiger partial charge < -0.3 is 18.7 Å². The van der Waals surface area contributed by atoms with Gasteiger partial charge in [0.05, 0.1) is 30.5 Å². The zero-order valence-corrected chi connectivity index (χ0v) is 21.9. The van der Waals surface area contributed by atoms with Crippen molar-refractivity contribution < 1.29 is 40.0 Å². The van der Waals surface area contributed by atoms with Gasteiger partial charge in [-0.15, -0.1) is 0 Å². The van der Waals surface area contributed by atoms with Gasteiger partial charge in [0.2, 0.25) is 5.89 Å². The number of aromatic nitrogens is 3. The molecule has 2 aromatic carbocycles. The quantitative estimate of drug-likeness (QED) is 0.181. The lowest BCUT2D eigenvalue weighted by Gasteiger charge is -2.08. The van der Waals surface area contributed by atoms with Crippen LogP contribution in [-0.2, 0) is 35.0 Å². The minimum absolute atomic E-state index is 0.00116. The molecular weight excluding hydrogens is 568 g/mol. The first-order valence-electron chi connectivity index (χ1n) is 12.0. The van der Waals surface area contributed by atoms with Gasteiger partial charge in [0.1, 0.15) is 29.8 Å². The summed E-state index contributed by atoms with van der Waals surface area (Å²) in [7, 11) is 0. The first kappa shape index (κ1) is 29.7. The highest BCUT2D eigenvalue weighted by Crippen LogP contribution is 2.30. The molecule has 1 N–H and O–H groups in total. The van der Waals surface area contributed by atoms with E-state index in [4.69, 9.17) is 8.83 Å². The summed E-state index contributed by atoms with van der Waals surface area (Å²) in [6.07, 6.45) is 0.645. The van der Waals surface area contributed by atoms with E-state index in [1.807, 2.05) is 0 Å². The number of rotatable bonds is 9. The van der Waals surface area contributed by atoms with Crippen LogP contribution in [0, 0.1) is 5.82 Å². The molecule has 0 bridgehead atoms. The molecule has 1 unspecified atom stereocenters. The standard InChI is InChI=1S/C19H17F3N4O2.C8H5FO3S/c20-19(21,22)14-3-1-13(2-4-14)17-9-15(25-12-26-17)5-6-16(27)10-23-11-18-24-7-8-28-18;9-6-1-2-7-5(3-6)4-8(12-7)13(10)11/h1-4,7-9,12,23H,5-6,10-11H2;1-4H,(H,10,11)/p-1. The summed E-state index contributed by atoms with van der Waals surface area (Å²) in [4.78, 5) is 24.1. The molecule has 0 aliphatic carbocycles. The minimum atomic E-state index is -4.38. The summed E-state index contributed by atoms with van der Waals surface area (Å²) in [5, 5.41) is 3.21. The van der Waals surface area contributed by atoms with Gasteiger partial charge in [-0.2, -0.15) is 13.2 Å². The molecule has 214 valence electrons. The maximum atomic E-state index is 12.7. The van der Waals surface area contributed by atoms with E-state index in [9.17, 15) is 31.1 Å². The average molecular weight is 590 g/mol. The molecule has 41 heavy (non-hydrogen) atoms. The molecule has 9 nitrogen and oxygen atoms in total. The van der Waals surface area contributed by atoms with E-state index in [0.717, 1.165) is 12.1 Å². The number of alkyl halides is 3. The molecule has 0 saturated carbocycles. The van der Waals surface area contributed by atoms with Crippen LogP contribution in [0.1, 0.15) is 23.6 Å². The molecule has 1 atom stereocenters. The zero-order valence-electron chi connectivity index (χ0n) is 21.1. The summed E-state index contributed by atoms with van der Waals surface area (Å²) in [5.41, 5.74) is 1.35. The van der Waals surface area contributed by atoms with Crippen molar-refractivity contribution in [3.8, 4) is 11.3 Å². The number of hydrogen-bond acceptors (Lipinski definition) is 9. The number of ketones is 1. The van der Waals surface area contributed by atoms with Gasteiger partial charge in [0.15, 0.2) is 5.09 Å². The van der Waals surface area contributed by atoms with Gasteiger partial charge in [0.25, 0.3) is 0 Å². The third kappa shape index (κ3) is 8.61. The van der Waals surface area contributed by atoms with Crippen molar-refractivity contribution in [3.05, 3.63) is 96.3 Å². The Morgan fingerprint density at radius 2 is 1.80 bits per heavy atom. The lowest BCUT2D eigenvalue weighted by molar-refractivity contribution is -0.137. The van der Waals surface area contributed by atoms with Crippen LogP contribution in [0.3, 0.4) is 0 Å². The van der Waals surface area contributed by atoms with E-state index in [1.165, 1.54) is 55.2 Å². The number of nitrogens with one attached hydrogen (secondary N) is 1. The van der Waals surface area contributed by atoms with Gasteiger partial charge in [-0.05, 0) is 42.8 Å². The van der Waals surface area contributed by atoms with E-state index in [0.29, 0.717) is 46.8 Å². The first-order valence-corrected chi connectivity index (χ1v) is 13.0. The van der Waals surface area contributed by atoms with Crippen LogP contribution in [0.15, 0.2) is 87.3 Å². The zero-order chi connectivity index (χ0) is 29.4. The van der Waals surface area contributed by atoms with E-state index < -0.39 is 28.6 Å². The Labute approximate surface area is 232 Å². The highest BCUT2D eigenvalue weighted by Gasteiger charge is 2.30. The highest BCUT2D eigenvalue weighted by atomic mass is 32.2. The van der Waals surface area contributed by atoms with Crippen LogP contribution in [0.4, 0.5) is 17.6 Å². The average Bonchev–Trinajstić information content (AvgIpc) is 3.62. The van der Waals surface area contributed by atoms with Crippen LogP contribution >= 0.6 is 0 Å². The number of hydrogen-bond donors (Lipinski definition) is 1. The molecular formula is C27H21F4N4O5S-. The number of benzene rings is 2. The Kier molecular flexibility index (Phi) is 9.70. The number of furan rings is 1. The van der Waals surface area contributed by atoms with Crippen molar-refractivity contribution in [3.63, 3.8) is 0 Å². The normalized spacial score (nSPS) is 12.1. The summed E-state index contributed by atoms with van der Waals surface area (Å²) < 4.78 is 81.5. The van der Waals surface area contributed by atoms with Gasteiger partial charge in [-0.3, -0.25) is 9.00 Å². The SMILES string of the molecule is O=C(CCc1cc(-c2ccc(C(F)(F)F)cc2)ncn1)CNCc1ncco1.O=S([O-])c1cc2cc(F)ccc2o1. The Hall–Kier alpha value is -4.27. The summed E-state index contributed by atoms with van der Waals surface area (Å²) in [5.74, 6) is 0.0857. The summed E-state index contributed by atoms with van der Waals surface area (Å²) in [6, 6.07) is 11.5. The van der Waals surface area contributed by atoms with Crippen LogP contribution < -0.4 is 5.32 Å². The number of fused-ring (bicyclic) bond motifs is 1. The predicted molar refractivity (Wildman–Crippen MR) is 137 cm³/mol. The molecule has 0 spiro atoms. The maximum absolute atomic E-state index is 12.7. The third-order valence-corrected chi connectivity index (χ3v) is 6.12.